The molecule has 0 saturated carbocycles. The Morgan fingerprint density at radius 1 is 0.731 bits per heavy atom. The van der Waals surface area contributed by atoms with Crippen LogP contribution in [0.4, 0.5) is 0 Å². The Labute approximate surface area is 158 Å². The van der Waals surface area contributed by atoms with Crippen LogP contribution >= 0.6 is 0 Å². The maximum Gasteiger partial charge on any atom is 0.157 e. The molecular formula is C20H38O6. The van der Waals surface area contributed by atoms with Gasteiger partial charge in [0.2, 0.25) is 0 Å². The minimum absolute atomic E-state index is 0.297. The smallest absolute Gasteiger partial charge is 0.157 e. The molecule has 1 aromatic rings. The summed E-state index contributed by atoms with van der Waals surface area (Å²) in [4.78, 5) is 0. The number of aliphatic hydroxyl groups is 4. The van der Waals surface area contributed by atoms with Gasteiger partial charge in [0, 0.05) is 0 Å². The second kappa shape index (κ2) is 17.4. The molecule has 0 amide bonds. The van der Waals surface area contributed by atoms with E-state index < -0.39 is 24.8 Å². The normalized spacial score (nSPS) is 14.8. The molecule has 4 atom stereocenters. The van der Waals surface area contributed by atoms with Gasteiger partial charge in [-0.2, -0.15) is 0 Å². The zero-order valence-electron chi connectivity index (χ0n) is 17.1. The van der Waals surface area contributed by atoms with Gasteiger partial charge in [-0.3, -0.25) is 0 Å². The lowest BCUT2D eigenvalue weighted by atomic mass is 10.2. The molecule has 0 heterocycles. The highest BCUT2D eigenvalue weighted by molar-refractivity contribution is 5.19. The summed E-state index contributed by atoms with van der Waals surface area (Å²) in [5.74, 6) is 0. The van der Waals surface area contributed by atoms with E-state index in [9.17, 15) is 0 Å². The third kappa shape index (κ3) is 21.0. The fraction of sp³-hybridized carbons (Fsp3) is 0.700. The molecule has 0 spiro atoms. The summed E-state index contributed by atoms with van der Waals surface area (Å²) < 4.78 is 9.52. The van der Waals surface area contributed by atoms with Crippen LogP contribution in [0.5, 0.6) is 0 Å². The second-order valence-electron chi connectivity index (χ2n) is 6.25. The number of aryl methyl sites for hydroxylation is 2. The lowest BCUT2D eigenvalue weighted by molar-refractivity contribution is -0.208. The first-order chi connectivity index (χ1) is 12.1. The van der Waals surface area contributed by atoms with E-state index in [4.69, 9.17) is 25.2 Å². The van der Waals surface area contributed by atoms with E-state index in [1.807, 2.05) is 0 Å². The van der Waals surface area contributed by atoms with Gasteiger partial charge >= 0.3 is 0 Å². The maximum absolute atomic E-state index is 8.78. The summed E-state index contributed by atoms with van der Waals surface area (Å²) in [6.07, 6.45) is -1.50. The first-order valence-electron chi connectivity index (χ1n) is 9.10. The van der Waals surface area contributed by atoms with Crippen LogP contribution in [0.1, 0.15) is 51.7 Å². The zero-order chi connectivity index (χ0) is 20.5. The second-order valence-corrected chi connectivity index (χ2v) is 6.25. The van der Waals surface area contributed by atoms with Gasteiger partial charge in [0.15, 0.2) is 12.6 Å². The van der Waals surface area contributed by atoms with E-state index in [1.165, 1.54) is 11.1 Å². The van der Waals surface area contributed by atoms with Gasteiger partial charge in [0.05, 0.1) is 25.4 Å². The highest BCUT2D eigenvalue weighted by Gasteiger charge is 2.05. The molecule has 0 aliphatic carbocycles. The van der Waals surface area contributed by atoms with Gasteiger partial charge < -0.3 is 29.9 Å². The van der Waals surface area contributed by atoms with Crippen molar-refractivity contribution in [3.63, 3.8) is 0 Å². The van der Waals surface area contributed by atoms with Gasteiger partial charge in [0.25, 0.3) is 0 Å². The molecule has 0 aromatic heterocycles. The van der Waals surface area contributed by atoms with E-state index in [0.717, 1.165) is 0 Å². The number of hydrogen-bond acceptors (Lipinski definition) is 6. The molecule has 154 valence electrons. The Morgan fingerprint density at radius 3 is 1.27 bits per heavy atom. The fourth-order valence-electron chi connectivity index (χ4n) is 1.42. The fourth-order valence-corrected chi connectivity index (χ4v) is 1.42. The molecule has 26 heavy (non-hydrogen) atoms. The maximum atomic E-state index is 8.78. The third-order valence-electron chi connectivity index (χ3n) is 2.95. The van der Waals surface area contributed by atoms with Crippen molar-refractivity contribution < 1.29 is 29.9 Å². The predicted octanol–water partition coefficient (Wildman–Crippen LogP) is 2.53. The van der Waals surface area contributed by atoms with Gasteiger partial charge in [-0.25, -0.2) is 0 Å². The molecule has 0 radical (unpaired) electrons. The minimum atomic E-state index is -0.819. The van der Waals surface area contributed by atoms with Crippen LogP contribution in [0.15, 0.2) is 24.3 Å². The molecule has 1 aromatic carbocycles. The average molecular weight is 375 g/mol. The molecular weight excluding hydrogens is 336 g/mol. The largest absolute Gasteiger partial charge is 0.391 e. The number of aliphatic hydroxyl groups excluding tert-OH is 4. The van der Waals surface area contributed by atoms with Crippen molar-refractivity contribution in [1.82, 2.24) is 0 Å². The third-order valence-corrected chi connectivity index (χ3v) is 2.95. The SMILES string of the molecule is CC(O)COCC(C)O.CCC(O)OC(O)CC.Cc1ccc(C)cc1. The van der Waals surface area contributed by atoms with Crippen LogP contribution in [0, 0.1) is 13.8 Å². The van der Waals surface area contributed by atoms with Crippen LogP contribution in [-0.4, -0.2) is 58.4 Å². The van der Waals surface area contributed by atoms with E-state index in [2.05, 4.69) is 42.8 Å². The van der Waals surface area contributed by atoms with Gasteiger partial charge in [-0.05, 0) is 40.5 Å². The summed E-state index contributed by atoms with van der Waals surface area (Å²) >= 11 is 0. The Morgan fingerprint density at radius 2 is 1.04 bits per heavy atom. The Bertz CT molecular complexity index is 368. The van der Waals surface area contributed by atoms with Gasteiger partial charge in [-0.15, -0.1) is 0 Å². The number of hydrogen-bond donors (Lipinski definition) is 4. The van der Waals surface area contributed by atoms with E-state index >= 15 is 0 Å². The van der Waals surface area contributed by atoms with Crippen molar-refractivity contribution in [2.75, 3.05) is 13.2 Å². The molecule has 6 nitrogen and oxygen atoms in total. The summed E-state index contributed by atoms with van der Waals surface area (Å²) in [6, 6.07) is 8.48. The Balaban J connectivity index is 0. The summed E-state index contributed by atoms with van der Waals surface area (Å²) in [7, 11) is 0. The molecule has 4 N–H and O–H groups in total. The predicted molar refractivity (Wildman–Crippen MR) is 104 cm³/mol. The highest BCUT2D eigenvalue weighted by Crippen LogP contribution is 2.00. The molecule has 6 heteroatoms. The average Bonchev–Trinajstić information content (AvgIpc) is 2.57. The molecule has 4 unspecified atom stereocenters. The van der Waals surface area contributed by atoms with Crippen LogP contribution in [0.25, 0.3) is 0 Å². The number of rotatable bonds is 8. The first kappa shape index (κ1) is 27.2. The molecule has 0 aliphatic heterocycles. The molecule has 0 fully saturated rings. The number of benzene rings is 1. The van der Waals surface area contributed by atoms with E-state index in [-0.39, 0.29) is 0 Å². The van der Waals surface area contributed by atoms with Crippen LogP contribution in [0.3, 0.4) is 0 Å². The van der Waals surface area contributed by atoms with Crippen molar-refractivity contribution in [3.8, 4) is 0 Å². The van der Waals surface area contributed by atoms with Crippen LogP contribution < -0.4 is 0 Å². The zero-order valence-corrected chi connectivity index (χ0v) is 17.1. The topological polar surface area (TPSA) is 99.4 Å². The van der Waals surface area contributed by atoms with Crippen LogP contribution in [-0.2, 0) is 9.47 Å². The summed E-state index contributed by atoms with van der Waals surface area (Å²) in [6.45, 7) is 11.6. The lowest BCUT2D eigenvalue weighted by Gasteiger charge is -2.13. The quantitative estimate of drug-likeness (QED) is 0.522. The molecule has 0 bridgehead atoms. The Kier molecular flexibility index (Phi) is 18.2. The van der Waals surface area contributed by atoms with Crippen molar-refractivity contribution in [2.24, 2.45) is 0 Å². The van der Waals surface area contributed by atoms with Crippen molar-refractivity contribution in [1.29, 1.82) is 0 Å². The van der Waals surface area contributed by atoms with E-state index in [0.29, 0.717) is 26.1 Å². The Hall–Kier alpha value is -1.02. The standard InChI is InChI=1S/C8H10.2C6H14O3/c1-7-3-5-8(2)6-4-7;1-5(7)3-9-4-6(2)8;1-3-5(7)9-6(8)4-2/h3-6H,1-2H3;2*5-8H,3-4H2,1-2H3. The molecule has 1 rings (SSSR count). The summed E-state index contributed by atoms with van der Waals surface area (Å²) in [5.41, 5.74) is 2.66. The first-order valence-corrected chi connectivity index (χ1v) is 9.10. The van der Waals surface area contributed by atoms with Gasteiger partial charge in [0.1, 0.15) is 0 Å². The van der Waals surface area contributed by atoms with Crippen molar-refractivity contribution in [2.45, 2.75) is 79.2 Å². The van der Waals surface area contributed by atoms with Crippen molar-refractivity contribution >= 4 is 0 Å². The van der Waals surface area contributed by atoms with E-state index in [1.54, 1.807) is 27.7 Å². The summed E-state index contributed by atoms with van der Waals surface area (Å²) in [5, 5.41) is 34.9. The van der Waals surface area contributed by atoms with Gasteiger partial charge in [-0.1, -0.05) is 49.2 Å². The molecule has 0 saturated heterocycles. The minimum Gasteiger partial charge on any atom is -0.391 e. The highest BCUT2D eigenvalue weighted by atomic mass is 16.7. The molecule has 0 aliphatic rings. The monoisotopic (exact) mass is 374 g/mol. The van der Waals surface area contributed by atoms with Crippen LogP contribution in [0.2, 0.25) is 0 Å². The number of ether oxygens (including phenoxy) is 2. The van der Waals surface area contributed by atoms with Crippen molar-refractivity contribution in [3.05, 3.63) is 35.4 Å². The lowest BCUT2D eigenvalue weighted by Crippen LogP contribution is -2.19.